The quantitative estimate of drug-likeness (QED) is 0.865. The third kappa shape index (κ3) is 3.17. The third-order valence-corrected chi connectivity index (χ3v) is 3.87. The van der Waals surface area contributed by atoms with Crippen molar-refractivity contribution < 1.29 is 4.79 Å². The van der Waals surface area contributed by atoms with Gasteiger partial charge in [0.05, 0.1) is 11.6 Å². The topological polar surface area (TPSA) is 33.2 Å². The highest BCUT2D eigenvalue weighted by Gasteiger charge is 2.13. The normalized spacial score (nSPS) is 10.4. The van der Waals surface area contributed by atoms with Crippen molar-refractivity contribution in [3.8, 4) is 0 Å². The predicted octanol–water partition coefficient (Wildman–Crippen LogP) is 3.49. The number of rotatable bonds is 3. The Kier molecular flexibility index (Phi) is 4.14. The Labute approximate surface area is 119 Å². The van der Waals surface area contributed by atoms with Gasteiger partial charge in [0.15, 0.2) is 0 Å². The molecule has 0 radical (unpaired) electrons. The zero-order valence-electron chi connectivity index (χ0n) is 10.2. The minimum absolute atomic E-state index is 0.0161. The van der Waals surface area contributed by atoms with Crippen LogP contribution in [0.25, 0.3) is 0 Å². The SMILES string of the molecule is Cc1ncc(CN(C)C(=O)c2cccc(Br)c2)s1. The van der Waals surface area contributed by atoms with Gasteiger partial charge < -0.3 is 4.90 Å². The Bertz CT molecular complexity index is 568. The fourth-order valence-electron chi connectivity index (χ4n) is 1.63. The fourth-order valence-corrected chi connectivity index (χ4v) is 2.87. The Morgan fingerprint density at radius 1 is 1.50 bits per heavy atom. The summed E-state index contributed by atoms with van der Waals surface area (Å²) in [5, 5.41) is 1.02. The van der Waals surface area contributed by atoms with E-state index < -0.39 is 0 Å². The minimum atomic E-state index is 0.0161. The molecule has 0 aliphatic rings. The molecule has 0 aliphatic heterocycles. The highest BCUT2D eigenvalue weighted by Crippen LogP contribution is 2.16. The van der Waals surface area contributed by atoms with Crippen LogP contribution >= 0.6 is 27.3 Å². The lowest BCUT2D eigenvalue weighted by atomic mass is 10.2. The largest absolute Gasteiger partial charge is 0.337 e. The second kappa shape index (κ2) is 5.63. The molecule has 1 heterocycles. The van der Waals surface area contributed by atoms with Gasteiger partial charge in [0, 0.05) is 28.2 Å². The van der Waals surface area contributed by atoms with Gasteiger partial charge in [-0.25, -0.2) is 4.98 Å². The van der Waals surface area contributed by atoms with E-state index in [2.05, 4.69) is 20.9 Å². The van der Waals surface area contributed by atoms with Crippen molar-refractivity contribution in [3.05, 3.63) is 50.4 Å². The van der Waals surface area contributed by atoms with E-state index in [0.29, 0.717) is 12.1 Å². The molecule has 0 fully saturated rings. The molecule has 0 unspecified atom stereocenters. The van der Waals surface area contributed by atoms with Crippen LogP contribution in [0.5, 0.6) is 0 Å². The fraction of sp³-hybridized carbons (Fsp3) is 0.231. The number of aryl methyl sites for hydroxylation is 1. The summed E-state index contributed by atoms with van der Waals surface area (Å²) >= 11 is 4.99. The average Bonchev–Trinajstić information content (AvgIpc) is 2.73. The zero-order valence-corrected chi connectivity index (χ0v) is 12.6. The summed E-state index contributed by atoms with van der Waals surface area (Å²) in [5.74, 6) is 0.0161. The molecule has 0 saturated heterocycles. The number of aromatic nitrogens is 1. The average molecular weight is 325 g/mol. The maximum Gasteiger partial charge on any atom is 0.253 e. The van der Waals surface area contributed by atoms with Crippen molar-refractivity contribution in [2.45, 2.75) is 13.5 Å². The summed E-state index contributed by atoms with van der Waals surface area (Å²) in [4.78, 5) is 19.2. The van der Waals surface area contributed by atoms with Crippen molar-refractivity contribution in [3.63, 3.8) is 0 Å². The van der Waals surface area contributed by atoms with Gasteiger partial charge in [-0.05, 0) is 25.1 Å². The van der Waals surface area contributed by atoms with Crippen molar-refractivity contribution in [2.75, 3.05) is 7.05 Å². The van der Waals surface area contributed by atoms with Gasteiger partial charge in [0.25, 0.3) is 5.91 Å². The molecule has 0 atom stereocenters. The first-order valence-corrected chi connectivity index (χ1v) is 7.09. The van der Waals surface area contributed by atoms with Crippen molar-refractivity contribution in [1.82, 2.24) is 9.88 Å². The van der Waals surface area contributed by atoms with E-state index in [1.54, 1.807) is 23.3 Å². The number of hydrogen-bond donors (Lipinski definition) is 0. The van der Waals surface area contributed by atoms with Crippen LogP contribution in [0.2, 0.25) is 0 Å². The van der Waals surface area contributed by atoms with Crippen molar-refractivity contribution >= 4 is 33.2 Å². The summed E-state index contributed by atoms with van der Waals surface area (Å²) in [6.45, 7) is 2.56. The molecule has 2 aromatic rings. The second-order valence-electron chi connectivity index (χ2n) is 4.02. The number of nitrogens with zero attached hydrogens (tertiary/aromatic N) is 2. The van der Waals surface area contributed by atoms with Crippen LogP contribution in [0.4, 0.5) is 0 Å². The second-order valence-corrected chi connectivity index (χ2v) is 6.25. The maximum absolute atomic E-state index is 12.2. The van der Waals surface area contributed by atoms with Gasteiger partial charge in [0.2, 0.25) is 0 Å². The van der Waals surface area contributed by atoms with Gasteiger partial charge in [-0.1, -0.05) is 22.0 Å². The lowest BCUT2D eigenvalue weighted by Crippen LogP contribution is -2.25. The molecule has 0 saturated carbocycles. The van der Waals surface area contributed by atoms with Gasteiger partial charge in [-0.15, -0.1) is 11.3 Å². The molecule has 2 rings (SSSR count). The van der Waals surface area contributed by atoms with Crippen LogP contribution in [0, 0.1) is 6.92 Å². The summed E-state index contributed by atoms with van der Waals surface area (Å²) in [5.41, 5.74) is 0.688. The van der Waals surface area contributed by atoms with Gasteiger partial charge in [0.1, 0.15) is 0 Å². The summed E-state index contributed by atoms with van der Waals surface area (Å²) in [6.07, 6.45) is 1.82. The Morgan fingerprint density at radius 2 is 2.28 bits per heavy atom. The zero-order chi connectivity index (χ0) is 13.1. The lowest BCUT2D eigenvalue weighted by Gasteiger charge is -2.16. The molecule has 1 amide bonds. The number of hydrogen-bond acceptors (Lipinski definition) is 3. The Morgan fingerprint density at radius 3 is 2.89 bits per heavy atom. The van der Waals surface area contributed by atoms with E-state index in [-0.39, 0.29) is 5.91 Å². The van der Waals surface area contributed by atoms with E-state index >= 15 is 0 Å². The van der Waals surface area contributed by atoms with Gasteiger partial charge in [-0.2, -0.15) is 0 Å². The molecule has 94 valence electrons. The van der Waals surface area contributed by atoms with E-state index in [1.807, 2.05) is 37.4 Å². The van der Waals surface area contributed by atoms with Crippen LogP contribution in [-0.4, -0.2) is 22.8 Å². The molecule has 3 nitrogen and oxygen atoms in total. The number of carbonyl (C=O) groups excluding carboxylic acids is 1. The lowest BCUT2D eigenvalue weighted by molar-refractivity contribution is 0.0786. The number of thiazole rings is 1. The van der Waals surface area contributed by atoms with E-state index in [4.69, 9.17) is 0 Å². The molecule has 0 aliphatic carbocycles. The van der Waals surface area contributed by atoms with E-state index in [9.17, 15) is 4.79 Å². The Balaban J connectivity index is 2.09. The van der Waals surface area contributed by atoms with Crippen LogP contribution in [0.3, 0.4) is 0 Å². The van der Waals surface area contributed by atoms with Crippen LogP contribution in [-0.2, 0) is 6.54 Å². The predicted molar refractivity (Wildman–Crippen MR) is 76.8 cm³/mol. The molecule has 18 heavy (non-hydrogen) atoms. The van der Waals surface area contributed by atoms with Crippen molar-refractivity contribution in [1.29, 1.82) is 0 Å². The molecular weight excluding hydrogens is 312 g/mol. The smallest absolute Gasteiger partial charge is 0.253 e. The number of carbonyl (C=O) groups is 1. The Hall–Kier alpha value is -1.20. The standard InChI is InChI=1S/C13H13BrN2OS/c1-9-15-7-12(18-9)8-16(2)13(17)10-4-3-5-11(14)6-10/h3-7H,8H2,1-2H3. The van der Waals surface area contributed by atoms with Gasteiger partial charge >= 0.3 is 0 Å². The van der Waals surface area contributed by atoms with Crippen LogP contribution in [0.15, 0.2) is 34.9 Å². The summed E-state index contributed by atoms with van der Waals surface area (Å²) < 4.78 is 0.912. The highest BCUT2D eigenvalue weighted by molar-refractivity contribution is 9.10. The molecule has 0 spiro atoms. The summed E-state index contributed by atoms with van der Waals surface area (Å²) in [7, 11) is 1.80. The molecular formula is C13H13BrN2OS. The first kappa shape index (κ1) is 13.2. The maximum atomic E-state index is 12.2. The minimum Gasteiger partial charge on any atom is -0.337 e. The van der Waals surface area contributed by atoms with Crippen molar-refractivity contribution in [2.24, 2.45) is 0 Å². The number of halogens is 1. The molecule has 0 bridgehead atoms. The molecule has 5 heteroatoms. The van der Waals surface area contributed by atoms with Gasteiger partial charge in [-0.3, -0.25) is 4.79 Å². The van der Waals surface area contributed by atoms with E-state index in [1.165, 1.54) is 0 Å². The highest BCUT2D eigenvalue weighted by atomic mass is 79.9. The van der Waals surface area contributed by atoms with Crippen LogP contribution in [0.1, 0.15) is 20.2 Å². The third-order valence-electron chi connectivity index (χ3n) is 2.48. The molecule has 0 N–H and O–H groups in total. The summed E-state index contributed by atoms with van der Waals surface area (Å²) in [6, 6.07) is 7.42. The first-order valence-electron chi connectivity index (χ1n) is 5.48. The molecule has 1 aromatic heterocycles. The molecule has 1 aromatic carbocycles. The monoisotopic (exact) mass is 324 g/mol. The number of amides is 1. The first-order chi connectivity index (χ1) is 8.56. The van der Waals surface area contributed by atoms with Crippen LogP contribution < -0.4 is 0 Å². The number of benzene rings is 1. The van der Waals surface area contributed by atoms with E-state index in [0.717, 1.165) is 14.4 Å².